The van der Waals surface area contributed by atoms with Crippen LogP contribution in [0.5, 0.6) is 0 Å². The summed E-state index contributed by atoms with van der Waals surface area (Å²) < 4.78 is 16.9. The molecule has 0 radical (unpaired) electrons. The van der Waals surface area contributed by atoms with E-state index >= 15 is 0 Å². The van der Waals surface area contributed by atoms with E-state index in [9.17, 15) is 39.3 Å². The van der Waals surface area contributed by atoms with Gasteiger partial charge < -0.3 is 50.4 Å². The Bertz CT molecular complexity index is 1480. The van der Waals surface area contributed by atoms with Crippen molar-refractivity contribution >= 4 is 29.8 Å². The second-order valence-electron chi connectivity index (χ2n) is 22.7. The number of esters is 1. The number of nitrogens with one attached hydrogen (secondary N) is 3. The molecule has 73 heavy (non-hydrogen) atoms. The molecule has 1 saturated heterocycles. The fraction of sp³-hybridized carbons (Fsp3) is 0.879. The normalized spacial score (nSPS) is 19.0. The number of unbranched alkanes of at least 4 members (excludes halogenated alkanes) is 26. The van der Waals surface area contributed by atoms with E-state index in [1.807, 2.05) is 0 Å². The fourth-order valence-corrected chi connectivity index (χ4v) is 9.11. The van der Waals surface area contributed by atoms with Gasteiger partial charge in [-0.1, -0.05) is 174 Å². The first-order valence-electron chi connectivity index (χ1n) is 29.1. The van der Waals surface area contributed by atoms with Crippen molar-refractivity contribution in [1.29, 1.82) is 0 Å². The number of aliphatic hydroxyl groups is 3. The van der Waals surface area contributed by atoms with Crippen molar-refractivity contribution in [2.24, 2.45) is 0 Å². The molecule has 7 atom stereocenters. The first kappa shape index (κ1) is 67.7. The maximum absolute atomic E-state index is 14.3. The van der Waals surface area contributed by atoms with E-state index in [1.165, 1.54) is 121 Å². The van der Waals surface area contributed by atoms with Crippen LogP contribution in [0.15, 0.2) is 12.2 Å². The molecule has 0 bridgehead atoms. The van der Waals surface area contributed by atoms with Gasteiger partial charge in [-0.2, -0.15) is 0 Å². The SMILES string of the molecule is CCCCCCCC/C=C\CCCCCCCC(=O)N(CCCCCCCCCCCCCCCCCC)[C@@H]1O[C@H](CO)[C@@H](O)[C@H](O)[C@H]1NC(=O)[C@H](C)NC(=O)[C@H](CC(=O)OC(C)(C)C)NC(=O)OC(C)(C)C. The number of carbonyl (C=O) groups excluding carboxylic acids is 5. The maximum Gasteiger partial charge on any atom is 0.408 e. The zero-order valence-electron chi connectivity index (χ0n) is 47.6. The molecule has 0 aliphatic carbocycles. The average Bonchev–Trinajstić information content (AvgIpc) is 3.31. The number of rotatable bonds is 41. The molecule has 6 N–H and O–H groups in total. The third-order valence-electron chi connectivity index (χ3n) is 13.3. The summed E-state index contributed by atoms with van der Waals surface area (Å²) in [7, 11) is 0. The van der Waals surface area contributed by atoms with Gasteiger partial charge in [-0.25, -0.2) is 4.79 Å². The summed E-state index contributed by atoms with van der Waals surface area (Å²) in [6.07, 6.45) is 31.3. The molecule has 1 aliphatic heterocycles. The number of carbonyl (C=O) groups is 5. The predicted octanol–water partition coefficient (Wildman–Crippen LogP) is 11.2. The van der Waals surface area contributed by atoms with Crippen LogP contribution in [0, 0.1) is 0 Å². The van der Waals surface area contributed by atoms with E-state index in [-0.39, 0.29) is 18.9 Å². The van der Waals surface area contributed by atoms with Gasteiger partial charge in [0, 0.05) is 13.0 Å². The summed E-state index contributed by atoms with van der Waals surface area (Å²) in [5.41, 5.74) is -1.78. The Morgan fingerprint density at radius 3 is 1.48 bits per heavy atom. The van der Waals surface area contributed by atoms with Gasteiger partial charge in [0.2, 0.25) is 17.7 Å². The first-order valence-corrected chi connectivity index (χ1v) is 29.1. The monoisotopic (exact) mass is 1040 g/mol. The Morgan fingerprint density at radius 2 is 1.03 bits per heavy atom. The van der Waals surface area contributed by atoms with Gasteiger partial charge in [0.05, 0.1) is 13.0 Å². The minimum Gasteiger partial charge on any atom is -0.460 e. The molecule has 0 aromatic rings. The Balaban J connectivity index is 3.06. The number of allylic oxidation sites excluding steroid dienone is 2. The number of ether oxygens (including phenoxy) is 3. The zero-order valence-corrected chi connectivity index (χ0v) is 47.6. The molecule has 0 spiro atoms. The third-order valence-corrected chi connectivity index (χ3v) is 13.3. The molecule has 4 amide bonds. The molecule has 1 aliphatic rings. The Labute approximate surface area is 443 Å². The van der Waals surface area contributed by atoms with Crippen molar-refractivity contribution in [1.82, 2.24) is 20.9 Å². The van der Waals surface area contributed by atoms with E-state index in [4.69, 9.17) is 14.2 Å². The van der Waals surface area contributed by atoms with Gasteiger partial charge >= 0.3 is 12.1 Å². The van der Waals surface area contributed by atoms with E-state index < -0.39 is 90.8 Å². The van der Waals surface area contributed by atoms with Crippen LogP contribution in [0.1, 0.15) is 261 Å². The first-order chi connectivity index (χ1) is 34.7. The van der Waals surface area contributed by atoms with Crippen LogP contribution < -0.4 is 16.0 Å². The molecule has 0 aromatic carbocycles. The molecule has 15 nitrogen and oxygen atoms in total. The standard InChI is InChI=1S/C58H108N4O11/c1-10-12-14-16-18-20-22-24-26-28-30-32-34-36-38-40-42-62(48(64)41-39-37-35-33-31-29-27-25-23-21-19-17-15-13-11-2)55-50(52(67)51(66)47(44-63)71-55)61-53(68)45(3)59-54(69)46(43-49(65)72-57(4,5)6)60-56(70)73-58(7,8)9/h25,27,45-47,50-52,55,63,66-67H,10-24,26,28-44H2,1-9H3,(H,59,69)(H,60,70)(H,61,68)/b27-25-/t45-,46-,47+,50+,51+,52+,55+/m0/s1. The molecule has 426 valence electrons. The number of hydrogen-bond acceptors (Lipinski definition) is 11. The summed E-state index contributed by atoms with van der Waals surface area (Å²) in [4.78, 5) is 69.0. The van der Waals surface area contributed by atoms with Crippen molar-refractivity contribution in [3.05, 3.63) is 12.2 Å². The molecule has 0 unspecified atom stereocenters. The van der Waals surface area contributed by atoms with E-state index in [1.54, 1.807) is 41.5 Å². The van der Waals surface area contributed by atoms with Crippen molar-refractivity contribution in [2.75, 3.05) is 13.2 Å². The predicted molar refractivity (Wildman–Crippen MR) is 292 cm³/mol. The van der Waals surface area contributed by atoms with E-state index in [2.05, 4.69) is 41.9 Å². The minimum absolute atomic E-state index is 0.218. The number of amides is 4. The fourth-order valence-electron chi connectivity index (χ4n) is 9.11. The number of hydrogen-bond donors (Lipinski definition) is 6. The van der Waals surface area contributed by atoms with Gasteiger partial charge in [-0.15, -0.1) is 0 Å². The third kappa shape index (κ3) is 33.4. The minimum atomic E-state index is -1.66. The van der Waals surface area contributed by atoms with Crippen molar-refractivity contribution in [3.8, 4) is 0 Å². The Kier molecular flexibility index (Phi) is 37.2. The molecule has 15 heteroatoms. The Hall–Kier alpha value is -3.27. The molecular formula is C58H108N4O11. The second-order valence-corrected chi connectivity index (χ2v) is 22.7. The van der Waals surface area contributed by atoms with Crippen molar-refractivity contribution in [3.63, 3.8) is 0 Å². The van der Waals surface area contributed by atoms with Crippen LogP contribution in [0.25, 0.3) is 0 Å². The van der Waals surface area contributed by atoms with Crippen LogP contribution in [0.4, 0.5) is 4.79 Å². The van der Waals surface area contributed by atoms with Crippen LogP contribution >= 0.6 is 0 Å². The van der Waals surface area contributed by atoms with Crippen LogP contribution in [-0.2, 0) is 33.4 Å². The van der Waals surface area contributed by atoms with Gasteiger partial charge in [-0.3, -0.25) is 19.2 Å². The summed E-state index contributed by atoms with van der Waals surface area (Å²) in [6.45, 7) is 15.4. The lowest BCUT2D eigenvalue weighted by Gasteiger charge is -2.47. The Morgan fingerprint density at radius 1 is 0.589 bits per heavy atom. The zero-order chi connectivity index (χ0) is 54.5. The van der Waals surface area contributed by atoms with Crippen LogP contribution in [0.3, 0.4) is 0 Å². The summed E-state index contributed by atoms with van der Waals surface area (Å²) >= 11 is 0. The highest BCUT2D eigenvalue weighted by Gasteiger charge is 2.48. The van der Waals surface area contributed by atoms with Gasteiger partial charge in [0.15, 0.2) is 6.23 Å². The van der Waals surface area contributed by atoms with Gasteiger partial charge in [0.25, 0.3) is 0 Å². The lowest BCUT2D eigenvalue weighted by Crippen LogP contribution is -2.70. The number of alkyl carbamates (subject to hydrolysis) is 1. The lowest BCUT2D eigenvalue weighted by atomic mass is 9.94. The van der Waals surface area contributed by atoms with Gasteiger partial charge in [0.1, 0.15) is 47.6 Å². The number of aliphatic hydroxyl groups excluding tert-OH is 3. The molecule has 1 fully saturated rings. The molecule has 1 rings (SSSR count). The maximum atomic E-state index is 14.3. The summed E-state index contributed by atoms with van der Waals surface area (Å²) in [5.74, 6) is -2.66. The summed E-state index contributed by atoms with van der Waals surface area (Å²) in [5, 5.41) is 40.5. The quantitative estimate of drug-likeness (QED) is 0.0193. The average molecular weight is 1040 g/mol. The highest BCUT2D eigenvalue weighted by Crippen LogP contribution is 2.26. The van der Waals surface area contributed by atoms with Crippen LogP contribution in [0.2, 0.25) is 0 Å². The van der Waals surface area contributed by atoms with E-state index in [0.29, 0.717) is 12.8 Å². The molecule has 0 saturated carbocycles. The topological polar surface area (TPSA) is 213 Å². The molecular weight excluding hydrogens is 929 g/mol. The largest absolute Gasteiger partial charge is 0.460 e. The summed E-state index contributed by atoms with van der Waals surface area (Å²) in [6, 6.07) is -4.12. The van der Waals surface area contributed by atoms with Crippen LogP contribution in [-0.4, -0.2) is 117 Å². The number of nitrogens with zero attached hydrogens (tertiary/aromatic N) is 1. The highest BCUT2D eigenvalue weighted by molar-refractivity contribution is 5.93. The molecule has 1 heterocycles. The smallest absolute Gasteiger partial charge is 0.408 e. The lowest BCUT2D eigenvalue weighted by molar-refractivity contribution is -0.231. The second kappa shape index (κ2) is 40.0. The van der Waals surface area contributed by atoms with Crippen molar-refractivity contribution < 1.29 is 53.5 Å². The van der Waals surface area contributed by atoms with E-state index in [0.717, 1.165) is 64.2 Å². The highest BCUT2D eigenvalue weighted by atomic mass is 16.6. The molecule has 0 aromatic heterocycles. The van der Waals surface area contributed by atoms with Crippen molar-refractivity contribution in [2.45, 2.75) is 315 Å². The van der Waals surface area contributed by atoms with Gasteiger partial charge in [-0.05, 0) is 87.0 Å².